The van der Waals surface area contributed by atoms with Crippen LogP contribution in [-0.2, 0) is 9.47 Å². The van der Waals surface area contributed by atoms with Crippen LogP contribution in [0.2, 0.25) is 0 Å². The number of rotatable bonds is 3. The molecule has 3 unspecified atom stereocenters. The normalized spacial score (nSPS) is 26.5. The number of hydrogen-bond donors (Lipinski definition) is 2. The second-order valence-electron chi connectivity index (χ2n) is 4.13. The van der Waals surface area contributed by atoms with Gasteiger partial charge in [0.25, 0.3) is 0 Å². The molecule has 1 aliphatic rings. The molecule has 1 heterocycles. The number of halogens is 3. The van der Waals surface area contributed by atoms with Crippen LogP contribution in [0.4, 0.5) is 18.0 Å². The Balaban J connectivity index is 2.34. The molecule has 5 nitrogen and oxygen atoms in total. The zero-order chi connectivity index (χ0) is 13.8. The molecule has 1 saturated heterocycles. The fourth-order valence-corrected chi connectivity index (χ4v) is 1.74. The Morgan fingerprint density at radius 2 is 2.28 bits per heavy atom. The lowest BCUT2D eigenvalue weighted by Crippen LogP contribution is -2.54. The molecule has 0 saturated carbocycles. The van der Waals surface area contributed by atoms with Crippen molar-refractivity contribution in [3.63, 3.8) is 0 Å². The lowest BCUT2D eigenvalue weighted by molar-refractivity contribution is -0.124. The minimum absolute atomic E-state index is 0.163. The molecule has 1 amide bonds. The smallest absolute Gasteiger partial charge is 0.407 e. The zero-order valence-corrected chi connectivity index (χ0v) is 10.2. The Hall–Kier alpha value is -1.02. The molecule has 0 aromatic heterocycles. The molecule has 106 valence electrons. The van der Waals surface area contributed by atoms with Crippen molar-refractivity contribution in [1.82, 2.24) is 10.6 Å². The van der Waals surface area contributed by atoms with Crippen LogP contribution < -0.4 is 10.6 Å². The largest absolute Gasteiger partial charge is 0.445 e. The van der Waals surface area contributed by atoms with Gasteiger partial charge in [0, 0.05) is 6.54 Å². The highest BCUT2D eigenvalue weighted by atomic mass is 19.4. The summed E-state index contributed by atoms with van der Waals surface area (Å²) < 4.78 is 45.8. The molecular formula is C10H17F3N2O3. The van der Waals surface area contributed by atoms with Gasteiger partial charge in [-0.15, -0.1) is 0 Å². The van der Waals surface area contributed by atoms with Crippen LogP contribution in [0.15, 0.2) is 0 Å². The van der Waals surface area contributed by atoms with E-state index in [1.165, 1.54) is 0 Å². The summed E-state index contributed by atoms with van der Waals surface area (Å²) >= 11 is 0. The van der Waals surface area contributed by atoms with Gasteiger partial charge in [0.15, 0.2) is 0 Å². The molecule has 0 bridgehead atoms. The fraction of sp³-hybridized carbons (Fsp3) is 0.900. The summed E-state index contributed by atoms with van der Waals surface area (Å²) in [6, 6.07) is -0.226. The molecule has 1 fully saturated rings. The molecule has 0 aromatic carbocycles. The minimum Gasteiger partial charge on any atom is -0.445 e. The Labute approximate surface area is 103 Å². The highest BCUT2D eigenvalue weighted by Crippen LogP contribution is 2.13. The van der Waals surface area contributed by atoms with Gasteiger partial charge in [-0.2, -0.15) is 13.2 Å². The predicted molar refractivity (Wildman–Crippen MR) is 57.2 cm³/mol. The number of hydrogen-bond acceptors (Lipinski definition) is 4. The van der Waals surface area contributed by atoms with E-state index in [0.717, 1.165) is 0 Å². The highest BCUT2D eigenvalue weighted by molar-refractivity contribution is 5.67. The number of morpholine rings is 1. The van der Waals surface area contributed by atoms with Crippen molar-refractivity contribution < 1.29 is 27.4 Å². The third-order valence-electron chi connectivity index (χ3n) is 2.60. The van der Waals surface area contributed by atoms with Crippen LogP contribution in [0.5, 0.6) is 0 Å². The lowest BCUT2D eigenvalue weighted by Gasteiger charge is -2.34. The van der Waals surface area contributed by atoms with Crippen LogP contribution in [0.25, 0.3) is 0 Å². The number of alkyl halides is 3. The van der Waals surface area contributed by atoms with Gasteiger partial charge in [0.2, 0.25) is 0 Å². The summed E-state index contributed by atoms with van der Waals surface area (Å²) in [6.07, 6.45) is -6.26. The zero-order valence-electron chi connectivity index (χ0n) is 10.2. The minimum atomic E-state index is -4.44. The average Bonchev–Trinajstić information content (AvgIpc) is 2.26. The first-order valence-corrected chi connectivity index (χ1v) is 5.66. The van der Waals surface area contributed by atoms with Crippen molar-refractivity contribution in [3.05, 3.63) is 0 Å². The van der Waals surface area contributed by atoms with Crippen LogP contribution in [0.1, 0.15) is 13.8 Å². The van der Waals surface area contributed by atoms with Gasteiger partial charge in [-0.1, -0.05) is 0 Å². The maximum Gasteiger partial charge on any atom is 0.407 e. The van der Waals surface area contributed by atoms with Crippen molar-refractivity contribution in [2.75, 3.05) is 19.7 Å². The summed E-state index contributed by atoms with van der Waals surface area (Å²) in [5.41, 5.74) is 0. The number of nitrogens with one attached hydrogen (secondary N) is 2. The first kappa shape index (κ1) is 15.0. The maximum absolute atomic E-state index is 11.9. The Morgan fingerprint density at radius 3 is 2.83 bits per heavy atom. The van der Waals surface area contributed by atoms with E-state index >= 15 is 0 Å². The summed E-state index contributed by atoms with van der Waals surface area (Å²) in [5.74, 6) is 0. The van der Waals surface area contributed by atoms with Crippen LogP contribution in [0, 0.1) is 0 Å². The Kier molecular flexibility index (Phi) is 5.21. The fourth-order valence-electron chi connectivity index (χ4n) is 1.74. The molecule has 0 aromatic rings. The number of carbonyl (C=O) groups is 1. The topological polar surface area (TPSA) is 59.6 Å². The number of amides is 1. The van der Waals surface area contributed by atoms with Crippen molar-refractivity contribution in [1.29, 1.82) is 0 Å². The van der Waals surface area contributed by atoms with Gasteiger partial charge in [-0.3, -0.25) is 0 Å². The third kappa shape index (κ3) is 5.09. The van der Waals surface area contributed by atoms with Gasteiger partial charge >= 0.3 is 12.3 Å². The SMILES string of the molecule is CC1OCCNC1C(C)OC(=O)NCC(F)(F)F. The van der Waals surface area contributed by atoms with Crippen molar-refractivity contribution in [3.8, 4) is 0 Å². The highest BCUT2D eigenvalue weighted by Gasteiger charge is 2.31. The van der Waals surface area contributed by atoms with E-state index < -0.39 is 24.9 Å². The first-order valence-electron chi connectivity index (χ1n) is 5.66. The van der Waals surface area contributed by atoms with Crippen molar-refractivity contribution in [2.45, 2.75) is 38.3 Å². The number of carbonyl (C=O) groups excluding carboxylic acids is 1. The number of ether oxygens (including phenoxy) is 2. The molecule has 8 heteroatoms. The maximum atomic E-state index is 11.9. The molecule has 1 aliphatic heterocycles. The van der Waals surface area contributed by atoms with E-state index in [1.807, 2.05) is 6.92 Å². The molecule has 2 N–H and O–H groups in total. The van der Waals surface area contributed by atoms with E-state index in [9.17, 15) is 18.0 Å². The molecular weight excluding hydrogens is 253 g/mol. The summed E-state index contributed by atoms with van der Waals surface area (Å²) in [7, 11) is 0. The summed E-state index contributed by atoms with van der Waals surface area (Å²) in [6.45, 7) is 3.19. The Bertz CT molecular complexity index is 286. The van der Waals surface area contributed by atoms with Crippen molar-refractivity contribution >= 4 is 6.09 Å². The monoisotopic (exact) mass is 270 g/mol. The second kappa shape index (κ2) is 6.24. The van der Waals surface area contributed by atoms with Crippen LogP contribution in [0.3, 0.4) is 0 Å². The first-order chi connectivity index (χ1) is 8.29. The average molecular weight is 270 g/mol. The van der Waals surface area contributed by atoms with E-state index in [1.54, 1.807) is 12.2 Å². The lowest BCUT2D eigenvalue weighted by atomic mass is 10.1. The van der Waals surface area contributed by atoms with Gasteiger partial charge in [0.05, 0.1) is 18.8 Å². The summed E-state index contributed by atoms with van der Waals surface area (Å²) in [5, 5.41) is 4.75. The van der Waals surface area contributed by atoms with Crippen molar-refractivity contribution in [2.24, 2.45) is 0 Å². The van der Waals surface area contributed by atoms with Crippen LogP contribution >= 0.6 is 0 Å². The standard InChI is InChI=1S/C10H17F3N2O3/c1-6-8(14-3-4-17-6)7(2)18-9(16)15-5-10(11,12)13/h6-8,14H,3-5H2,1-2H3,(H,15,16). The quantitative estimate of drug-likeness (QED) is 0.804. The molecule has 0 radical (unpaired) electrons. The number of alkyl carbamates (subject to hydrolysis) is 1. The predicted octanol–water partition coefficient (Wildman–Crippen LogP) is 1.04. The van der Waals surface area contributed by atoms with E-state index in [2.05, 4.69) is 5.32 Å². The third-order valence-corrected chi connectivity index (χ3v) is 2.60. The Morgan fingerprint density at radius 1 is 1.61 bits per heavy atom. The second-order valence-corrected chi connectivity index (χ2v) is 4.13. The summed E-state index contributed by atoms with van der Waals surface area (Å²) in [4.78, 5) is 11.1. The van der Waals surface area contributed by atoms with Gasteiger partial charge < -0.3 is 20.1 Å². The van der Waals surface area contributed by atoms with Gasteiger partial charge in [-0.05, 0) is 13.8 Å². The molecule has 0 aliphatic carbocycles. The van der Waals surface area contributed by atoms with Gasteiger partial charge in [-0.25, -0.2) is 4.79 Å². The van der Waals surface area contributed by atoms with E-state index in [4.69, 9.17) is 9.47 Å². The van der Waals surface area contributed by atoms with Gasteiger partial charge in [0.1, 0.15) is 12.6 Å². The molecule has 0 spiro atoms. The molecule has 1 rings (SSSR count). The van der Waals surface area contributed by atoms with E-state index in [-0.39, 0.29) is 12.1 Å². The van der Waals surface area contributed by atoms with E-state index in [0.29, 0.717) is 13.2 Å². The van der Waals surface area contributed by atoms with Crippen LogP contribution in [-0.4, -0.2) is 50.2 Å². The molecule has 18 heavy (non-hydrogen) atoms. The molecule has 3 atom stereocenters.